The monoisotopic (exact) mass is 284 g/mol. The van der Waals surface area contributed by atoms with Crippen molar-refractivity contribution in [2.45, 2.75) is 6.54 Å². The number of hydrogen-bond acceptors (Lipinski definition) is 3. The molecule has 0 saturated carbocycles. The van der Waals surface area contributed by atoms with Crippen LogP contribution in [0.15, 0.2) is 54.7 Å². The average molecular weight is 285 g/mol. The molecule has 0 saturated heterocycles. The van der Waals surface area contributed by atoms with Gasteiger partial charge in [-0.05, 0) is 36.4 Å². The highest BCUT2D eigenvalue weighted by molar-refractivity contribution is 6.31. The Morgan fingerprint density at radius 2 is 1.90 bits per heavy atom. The average Bonchev–Trinajstić information content (AvgIpc) is 2.47. The van der Waals surface area contributed by atoms with Gasteiger partial charge in [0, 0.05) is 34.4 Å². The molecule has 1 heterocycles. The quantitative estimate of drug-likeness (QED) is 0.757. The molecule has 0 atom stereocenters. The first-order valence-electron chi connectivity index (χ1n) is 6.29. The number of halogens is 1. The molecule has 0 spiro atoms. The summed E-state index contributed by atoms with van der Waals surface area (Å²) in [4.78, 5) is 4.32. The zero-order valence-electron chi connectivity index (χ0n) is 10.7. The van der Waals surface area contributed by atoms with E-state index in [4.69, 9.17) is 11.6 Å². The summed E-state index contributed by atoms with van der Waals surface area (Å²) in [6, 6.07) is 14.9. The first-order valence-corrected chi connectivity index (χ1v) is 6.67. The second-order valence-electron chi connectivity index (χ2n) is 4.47. The Kier molecular flexibility index (Phi) is 3.44. The second-order valence-corrected chi connectivity index (χ2v) is 4.87. The van der Waals surface area contributed by atoms with Crippen molar-refractivity contribution in [2.75, 3.05) is 5.32 Å². The number of aromatic hydroxyl groups is 1. The standard InChI is InChI=1S/C16H13ClN2O/c17-13-5-1-8-16(20)12(13)10-19-15-7-2-6-14-11(15)4-3-9-18-14/h1-9,19-20H,10H2. The summed E-state index contributed by atoms with van der Waals surface area (Å²) in [5.74, 6) is 0.198. The molecule has 0 fully saturated rings. The number of aromatic nitrogens is 1. The van der Waals surface area contributed by atoms with Crippen LogP contribution in [-0.4, -0.2) is 10.1 Å². The minimum absolute atomic E-state index is 0.198. The van der Waals surface area contributed by atoms with Crippen molar-refractivity contribution >= 4 is 28.2 Å². The summed E-state index contributed by atoms with van der Waals surface area (Å²) in [5.41, 5.74) is 2.59. The number of nitrogens with one attached hydrogen (secondary N) is 1. The minimum Gasteiger partial charge on any atom is -0.508 e. The van der Waals surface area contributed by atoms with E-state index in [1.165, 1.54) is 0 Å². The number of phenols is 1. The van der Waals surface area contributed by atoms with Gasteiger partial charge in [0.2, 0.25) is 0 Å². The minimum atomic E-state index is 0.198. The number of hydrogen-bond donors (Lipinski definition) is 2. The van der Waals surface area contributed by atoms with Crippen LogP contribution in [0.2, 0.25) is 5.02 Å². The van der Waals surface area contributed by atoms with E-state index < -0.39 is 0 Å². The number of benzene rings is 2. The summed E-state index contributed by atoms with van der Waals surface area (Å²) < 4.78 is 0. The number of fused-ring (bicyclic) bond motifs is 1. The van der Waals surface area contributed by atoms with E-state index in [2.05, 4.69) is 10.3 Å². The molecule has 0 bridgehead atoms. The van der Waals surface area contributed by atoms with E-state index in [0.29, 0.717) is 17.1 Å². The van der Waals surface area contributed by atoms with Crippen LogP contribution in [0.25, 0.3) is 10.9 Å². The summed E-state index contributed by atoms with van der Waals surface area (Å²) in [5, 5.41) is 14.7. The SMILES string of the molecule is Oc1cccc(Cl)c1CNc1cccc2ncccc12. The summed E-state index contributed by atoms with van der Waals surface area (Å²) >= 11 is 6.10. The molecule has 3 nitrogen and oxygen atoms in total. The molecule has 0 aliphatic rings. The van der Waals surface area contributed by atoms with Crippen molar-refractivity contribution in [2.24, 2.45) is 0 Å². The maximum atomic E-state index is 9.85. The second kappa shape index (κ2) is 5.39. The summed E-state index contributed by atoms with van der Waals surface area (Å²) in [6.45, 7) is 0.458. The van der Waals surface area contributed by atoms with Gasteiger partial charge in [0.05, 0.1) is 5.52 Å². The molecule has 3 rings (SSSR count). The van der Waals surface area contributed by atoms with E-state index in [1.54, 1.807) is 24.4 Å². The molecular weight excluding hydrogens is 272 g/mol. The topological polar surface area (TPSA) is 45.1 Å². The van der Waals surface area contributed by atoms with Gasteiger partial charge in [-0.3, -0.25) is 4.98 Å². The number of pyridine rings is 1. The van der Waals surface area contributed by atoms with Crippen LogP contribution in [0.3, 0.4) is 0 Å². The Morgan fingerprint density at radius 3 is 2.75 bits per heavy atom. The zero-order chi connectivity index (χ0) is 13.9. The van der Waals surface area contributed by atoms with Crippen LogP contribution >= 0.6 is 11.6 Å². The lowest BCUT2D eigenvalue weighted by Gasteiger charge is -2.11. The normalized spacial score (nSPS) is 10.7. The molecule has 2 N–H and O–H groups in total. The molecule has 0 aliphatic heterocycles. The maximum absolute atomic E-state index is 9.85. The van der Waals surface area contributed by atoms with Crippen LogP contribution in [0, 0.1) is 0 Å². The summed E-state index contributed by atoms with van der Waals surface area (Å²) in [7, 11) is 0. The first-order chi connectivity index (χ1) is 9.75. The smallest absolute Gasteiger partial charge is 0.122 e. The lowest BCUT2D eigenvalue weighted by atomic mass is 10.1. The van der Waals surface area contributed by atoms with Gasteiger partial charge < -0.3 is 10.4 Å². The largest absolute Gasteiger partial charge is 0.508 e. The Labute approximate surface area is 121 Å². The molecule has 3 aromatic rings. The van der Waals surface area contributed by atoms with E-state index in [9.17, 15) is 5.11 Å². The van der Waals surface area contributed by atoms with Gasteiger partial charge in [-0.1, -0.05) is 23.7 Å². The van der Waals surface area contributed by atoms with Crippen molar-refractivity contribution < 1.29 is 5.11 Å². The van der Waals surface area contributed by atoms with E-state index in [-0.39, 0.29) is 5.75 Å². The molecule has 2 aromatic carbocycles. The lowest BCUT2D eigenvalue weighted by Crippen LogP contribution is -2.01. The lowest BCUT2D eigenvalue weighted by molar-refractivity contribution is 0.469. The van der Waals surface area contributed by atoms with Gasteiger partial charge in [-0.2, -0.15) is 0 Å². The Hall–Kier alpha value is -2.26. The Balaban J connectivity index is 1.91. The van der Waals surface area contributed by atoms with Gasteiger partial charge >= 0.3 is 0 Å². The zero-order valence-corrected chi connectivity index (χ0v) is 11.4. The molecule has 0 unspecified atom stereocenters. The maximum Gasteiger partial charge on any atom is 0.122 e. The Bertz CT molecular complexity index is 733. The fraction of sp³-hybridized carbons (Fsp3) is 0.0625. The third kappa shape index (κ3) is 2.40. The molecule has 0 amide bonds. The predicted molar refractivity (Wildman–Crippen MR) is 82.2 cm³/mol. The van der Waals surface area contributed by atoms with Gasteiger partial charge in [-0.25, -0.2) is 0 Å². The highest BCUT2D eigenvalue weighted by Gasteiger charge is 2.07. The van der Waals surface area contributed by atoms with Gasteiger partial charge in [-0.15, -0.1) is 0 Å². The summed E-state index contributed by atoms with van der Waals surface area (Å²) in [6.07, 6.45) is 1.77. The Morgan fingerprint density at radius 1 is 1.05 bits per heavy atom. The van der Waals surface area contributed by atoms with E-state index >= 15 is 0 Å². The van der Waals surface area contributed by atoms with Crippen molar-refractivity contribution in [1.82, 2.24) is 4.98 Å². The highest BCUT2D eigenvalue weighted by atomic mass is 35.5. The van der Waals surface area contributed by atoms with Crippen LogP contribution in [-0.2, 0) is 6.54 Å². The van der Waals surface area contributed by atoms with Crippen LogP contribution in [0.4, 0.5) is 5.69 Å². The van der Waals surface area contributed by atoms with Crippen molar-refractivity contribution in [3.05, 3.63) is 65.3 Å². The van der Waals surface area contributed by atoms with Crippen molar-refractivity contribution in [3.63, 3.8) is 0 Å². The van der Waals surface area contributed by atoms with Crippen LogP contribution in [0.5, 0.6) is 5.75 Å². The van der Waals surface area contributed by atoms with E-state index in [0.717, 1.165) is 16.6 Å². The van der Waals surface area contributed by atoms with Gasteiger partial charge in [0.1, 0.15) is 5.75 Å². The molecule has 20 heavy (non-hydrogen) atoms. The molecule has 4 heteroatoms. The molecular formula is C16H13ClN2O. The van der Waals surface area contributed by atoms with Crippen molar-refractivity contribution in [1.29, 1.82) is 0 Å². The van der Waals surface area contributed by atoms with Crippen LogP contribution < -0.4 is 5.32 Å². The third-order valence-corrected chi connectivity index (χ3v) is 3.55. The number of nitrogens with zero attached hydrogens (tertiary/aromatic N) is 1. The fourth-order valence-corrected chi connectivity index (χ4v) is 2.40. The fourth-order valence-electron chi connectivity index (χ4n) is 2.16. The van der Waals surface area contributed by atoms with Crippen LogP contribution in [0.1, 0.15) is 5.56 Å². The highest BCUT2D eigenvalue weighted by Crippen LogP contribution is 2.27. The molecule has 0 radical (unpaired) electrons. The van der Waals surface area contributed by atoms with Gasteiger partial charge in [0.25, 0.3) is 0 Å². The number of rotatable bonds is 3. The molecule has 0 aliphatic carbocycles. The first kappa shape index (κ1) is 12.8. The third-order valence-electron chi connectivity index (χ3n) is 3.20. The predicted octanol–water partition coefficient (Wildman–Crippen LogP) is 4.21. The molecule has 100 valence electrons. The number of phenolic OH excluding ortho intramolecular Hbond substituents is 1. The number of anilines is 1. The van der Waals surface area contributed by atoms with Gasteiger partial charge in [0.15, 0.2) is 0 Å². The van der Waals surface area contributed by atoms with E-state index in [1.807, 2.05) is 30.3 Å². The van der Waals surface area contributed by atoms with Crippen molar-refractivity contribution in [3.8, 4) is 5.75 Å². The molecule has 1 aromatic heterocycles.